The van der Waals surface area contributed by atoms with Crippen molar-refractivity contribution in [2.24, 2.45) is 5.92 Å². The van der Waals surface area contributed by atoms with Gasteiger partial charge in [-0.25, -0.2) is 0 Å². The minimum Gasteiger partial charge on any atom is -0.488 e. The first-order valence-corrected chi connectivity index (χ1v) is 8.01. The molecule has 0 spiro atoms. The minimum absolute atomic E-state index is 0.516. The minimum atomic E-state index is 0.516. The largest absolute Gasteiger partial charge is 0.488 e. The molecule has 21 heavy (non-hydrogen) atoms. The molecule has 2 rings (SSSR count). The molecule has 114 valence electrons. The Labute approximate surface area is 134 Å². The monoisotopic (exact) mass is 351 g/mol. The SMILES string of the molecule is Cc1oc(CNCC(C)C)cc1COc1ccccc1Br. The van der Waals surface area contributed by atoms with E-state index in [9.17, 15) is 0 Å². The fourth-order valence-electron chi connectivity index (χ4n) is 2.02. The molecule has 0 aliphatic rings. The standard InChI is InChI=1S/C17H22BrNO2/c1-12(2)9-19-10-15-8-14(13(3)21-15)11-20-17-7-5-4-6-16(17)18/h4-8,12,19H,9-11H2,1-3H3. The van der Waals surface area contributed by atoms with Crippen LogP contribution in [0.25, 0.3) is 0 Å². The summed E-state index contributed by atoms with van der Waals surface area (Å²) in [5.74, 6) is 3.36. The van der Waals surface area contributed by atoms with Gasteiger partial charge in [-0.15, -0.1) is 0 Å². The van der Waals surface area contributed by atoms with Crippen LogP contribution in [-0.2, 0) is 13.2 Å². The summed E-state index contributed by atoms with van der Waals surface area (Å²) < 4.78 is 12.6. The van der Waals surface area contributed by atoms with Gasteiger partial charge in [-0.2, -0.15) is 0 Å². The van der Waals surface area contributed by atoms with Gasteiger partial charge < -0.3 is 14.5 Å². The van der Waals surface area contributed by atoms with Crippen molar-refractivity contribution in [2.45, 2.75) is 33.9 Å². The van der Waals surface area contributed by atoms with E-state index >= 15 is 0 Å². The molecule has 1 N–H and O–H groups in total. The van der Waals surface area contributed by atoms with Gasteiger partial charge in [0.05, 0.1) is 11.0 Å². The van der Waals surface area contributed by atoms with Gasteiger partial charge in [-0.1, -0.05) is 26.0 Å². The lowest BCUT2D eigenvalue weighted by Crippen LogP contribution is -2.18. The number of furan rings is 1. The molecule has 1 aromatic carbocycles. The van der Waals surface area contributed by atoms with Crippen molar-refractivity contribution in [3.63, 3.8) is 0 Å². The molecule has 4 heteroatoms. The molecule has 0 saturated heterocycles. The van der Waals surface area contributed by atoms with Crippen LogP contribution in [0.4, 0.5) is 0 Å². The van der Waals surface area contributed by atoms with Crippen LogP contribution in [0.1, 0.15) is 30.9 Å². The van der Waals surface area contributed by atoms with Crippen LogP contribution in [0.15, 0.2) is 39.2 Å². The maximum Gasteiger partial charge on any atom is 0.133 e. The molecule has 0 amide bonds. The van der Waals surface area contributed by atoms with Gasteiger partial charge in [0, 0.05) is 5.56 Å². The van der Waals surface area contributed by atoms with E-state index in [2.05, 4.69) is 41.2 Å². The smallest absolute Gasteiger partial charge is 0.133 e. The van der Waals surface area contributed by atoms with Crippen molar-refractivity contribution in [2.75, 3.05) is 6.54 Å². The van der Waals surface area contributed by atoms with Crippen molar-refractivity contribution in [3.05, 3.63) is 51.9 Å². The van der Waals surface area contributed by atoms with E-state index in [0.717, 1.165) is 40.4 Å². The van der Waals surface area contributed by atoms with Crippen LogP contribution >= 0.6 is 15.9 Å². The Morgan fingerprint density at radius 1 is 1.29 bits per heavy atom. The number of benzene rings is 1. The fraction of sp³-hybridized carbons (Fsp3) is 0.412. The molecule has 1 heterocycles. The molecule has 0 bridgehead atoms. The van der Waals surface area contributed by atoms with Gasteiger partial charge >= 0.3 is 0 Å². The van der Waals surface area contributed by atoms with E-state index in [4.69, 9.17) is 9.15 Å². The van der Waals surface area contributed by atoms with Crippen LogP contribution in [0.3, 0.4) is 0 Å². The van der Waals surface area contributed by atoms with E-state index in [-0.39, 0.29) is 0 Å². The van der Waals surface area contributed by atoms with Crippen molar-refractivity contribution in [1.29, 1.82) is 0 Å². The number of aryl methyl sites for hydroxylation is 1. The highest BCUT2D eigenvalue weighted by Crippen LogP contribution is 2.25. The number of halogens is 1. The lowest BCUT2D eigenvalue weighted by atomic mass is 10.2. The van der Waals surface area contributed by atoms with Crippen LogP contribution < -0.4 is 10.1 Å². The topological polar surface area (TPSA) is 34.4 Å². The Balaban J connectivity index is 1.92. The third-order valence-corrected chi connectivity index (χ3v) is 3.80. The van der Waals surface area contributed by atoms with Crippen LogP contribution in [0.5, 0.6) is 5.75 Å². The summed E-state index contributed by atoms with van der Waals surface area (Å²) in [6, 6.07) is 9.92. The number of hydrogen-bond acceptors (Lipinski definition) is 3. The number of ether oxygens (including phenoxy) is 1. The van der Waals surface area contributed by atoms with Crippen LogP contribution in [0.2, 0.25) is 0 Å². The summed E-state index contributed by atoms with van der Waals surface area (Å²) >= 11 is 3.48. The summed E-state index contributed by atoms with van der Waals surface area (Å²) in [6.07, 6.45) is 0. The Hall–Kier alpha value is -1.26. The fourth-order valence-corrected chi connectivity index (χ4v) is 2.42. The van der Waals surface area contributed by atoms with Crippen molar-refractivity contribution < 1.29 is 9.15 Å². The summed E-state index contributed by atoms with van der Waals surface area (Å²) in [6.45, 7) is 8.62. The maximum atomic E-state index is 5.83. The van der Waals surface area contributed by atoms with Crippen molar-refractivity contribution in [1.82, 2.24) is 5.32 Å². The Kier molecular flexibility index (Phi) is 5.88. The highest BCUT2D eigenvalue weighted by molar-refractivity contribution is 9.10. The predicted molar refractivity (Wildman–Crippen MR) is 88.5 cm³/mol. The van der Waals surface area contributed by atoms with Crippen LogP contribution in [-0.4, -0.2) is 6.54 Å². The zero-order valence-corrected chi connectivity index (χ0v) is 14.4. The maximum absolute atomic E-state index is 5.83. The second-order valence-corrected chi connectivity index (χ2v) is 6.39. The van der Waals surface area contributed by atoms with Gasteiger partial charge in [0.15, 0.2) is 0 Å². The highest BCUT2D eigenvalue weighted by Gasteiger charge is 2.09. The Morgan fingerprint density at radius 2 is 2.05 bits per heavy atom. The lowest BCUT2D eigenvalue weighted by molar-refractivity contribution is 0.301. The molecule has 3 nitrogen and oxygen atoms in total. The van der Waals surface area contributed by atoms with Gasteiger partial charge in [-0.05, 0) is 53.5 Å². The van der Waals surface area contributed by atoms with Gasteiger partial charge in [-0.3, -0.25) is 0 Å². The molecule has 0 atom stereocenters. The Morgan fingerprint density at radius 3 is 2.76 bits per heavy atom. The lowest BCUT2D eigenvalue weighted by Gasteiger charge is -2.06. The Bertz CT molecular complexity index is 578. The predicted octanol–water partition coefficient (Wildman–Crippen LogP) is 4.68. The third-order valence-electron chi connectivity index (χ3n) is 3.14. The molecule has 1 aromatic heterocycles. The quantitative estimate of drug-likeness (QED) is 0.786. The number of para-hydroxylation sites is 1. The summed E-state index contributed by atoms with van der Waals surface area (Å²) in [5.41, 5.74) is 1.09. The zero-order chi connectivity index (χ0) is 15.2. The van der Waals surface area contributed by atoms with Gasteiger partial charge in [0.25, 0.3) is 0 Å². The van der Waals surface area contributed by atoms with Gasteiger partial charge in [0.2, 0.25) is 0 Å². The van der Waals surface area contributed by atoms with E-state index in [1.54, 1.807) is 0 Å². The first kappa shape index (κ1) is 16.1. The van der Waals surface area contributed by atoms with Crippen molar-refractivity contribution >= 4 is 15.9 Å². The molecule has 0 fully saturated rings. The molecule has 0 aliphatic heterocycles. The molecule has 0 saturated carbocycles. The van der Waals surface area contributed by atoms with E-state index in [0.29, 0.717) is 12.5 Å². The second-order valence-electron chi connectivity index (χ2n) is 5.54. The molecule has 2 aromatic rings. The summed E-state index contributed by atoms with van der Waals surface area (Å²) in [7, 11) is 0. The number of rotatable bonds is 7. The molecule has 0 radical (unpaired) electrons. The molecular formula is C17H22BrNO2. The third kappa shape index (κ3) is 4.90. The van der Waals surface area contributed by atoms with E-state index in [1.165, 1.54) is 0 Å². The second kappa shape index (κ2) is 7.66. The highest BCUT2D eigenvalue weighted by atomic mass is 79.9. The first-order valence-electron chi connectivity index (χ1n) is 7.22. The average molecular weight is 352 g/mol. The number of nitrogens with one attached hydrogen (secondary N) is 1. The summed E-state index contributed by atoms with van der Waals surface area (Å²) in [5, 5.41) is 3.38. The average Bonchev–Trinajstić information content (AvgIpc) is 2.78. The number of hydrogen-bond donors (Lipinski definition) is 1. The molecule has 0 unspecified atom stereocenters. The zero-order valence-electron chi connectivity index (χ0n) is 12.8. The molecule has 0 aliphatic carbocycles. The van der Waals surface area contributed by atoms with E-state index < -0.39 is 0 Å². The van der Waals surface area contributed by atoms with Crippen LogP contribution in [0, 0.1) is 12.8 Å². The first-order chi connectivity index (χ1) is 10.1. The van der Waals surface area contributed by atoms with Gasteiger partial charge in [0.1, 0.15) is 23.9 Å². The van der Waals surface area contributed by atoms with E-state index in [1.807, 2.05) is 31.2 Å². The van der Waals surface area contributed by atoms with Crippen molar-refractivity contribution in [3.8, 4) is 5.75 Å². The summed E-state index contributed by atoms with van der Waals surface area (Å²) in [4.78, 5) is 0. The molecular weight excluding hydrogens is 330 g/mol. The normalized spacial score (nSPS) is 11.1.